The summed E-state index contributed by atoms with van der Waals surface area (Å²) in [5.74, 6) is 0. The molecule has 0 saturated carbocycles. The first-order chi connectivity index (χ1) is 9.87. The monoisotopic (exact) mass is 372 g/mol. The van der Waals surface area contributed by atoms with Crippen molar-refractivity contribution in [3.63, 3.8) is 0 Å². The van der Waals surface area contributed by atoms with Gasteiger partial charge < -0.3 is 5.73 Å². The van der Waals surface area contributed by atoms with Crippen molar-refractivity contribution in [2.24, 2.45) is 5.73 Å². The van der Waals surface area contributed by atoms with E-state index in [2.05, 4.69) is 25.8 Å². The zero-order chi connectivity index (χ0) is 15.6. The summed E-state index contributed by atoms with van der Waals surface area (Å²) < 4.78 is 29.8. The Kier molecular flexibility index (Phi) is 4.70. The molecule has 3 N–H and O–H groups in total. The van der Waals surface area contributed by atoms with Crippen LogP contribution in [0.3, 0.4) is 0 Å². The third-order valence-electron chi connectivity index (χ3n) is 3.02. The summed E-state index contributed by atoms with van der Waals surface area (Å²) in [5, 5.41) is 4.04. The maximum absolute atomic E-state index is 12.5. The molecular weight excluding hydrogens is 356 g/mol. The molecule has 0 bridgehead atoms. The van der Waals surface area contributed by atoms with Crippen molar-refractivity contribution in [3.8, 4) is 0 Å². The van der Waals surface area contributed by atoms with Crippen LogP contribution in [0.1, 0.15) is 18.1 Å². The van der Waals surface area contributed by atoms with E-state index in [1.165, 1.54) is 6.20 Å². The molecule has 2 rings (SSSR count). The predicted octanol–water partition coefficient (Wildman–Crippen LogP) is 2.23. The molecule has 0 unspecified atom stereocenters. The Bertz CT molecular complexity index is 756. The van der Waals surface area contributed by atoms with Gasteiger partial charge in [-0.25, -0.2) is 8.42 Å². The molecule has 0 atom stereocenters. The van der Waals surface area contributed by atoms with E-state index in [-0.39, 0.29) is 11.4 Å². The van der Waals surface area contributed by atoms with Gasteiger partial charge in [-0.2, -0.15) is 5.10 Å². The summed E-state index contributed by atoms with van der Waals surface area (Å²) in [6.45, 7) is 4.71. The molecule has 0 saturated heterocycles. The van der Waals surface area contributed by atoms with Gasteiger partial charge >= 0.3 is 0 Å². The number of benzene rings is 1. The van der Waals surface area contributed by atoms with Gasteiger partial charge in [0.1, 0.15) is 4.90 Å². The summed E-state index contributed by atoms with van der Waals surface area (Å²) >= 11 is 3.33. The number of aryl methyl sites for hydroxylation is 2. The first kappa shape index (κ1) is 16.0. The number of hydrogen-bond donors (Lipinski definition) is 2. The van der Waals surface area contributed by atoms with E-state index in [0.717, 1.165) is 11.1 Å². The lowest BCUT2D eigenvalue weighted by atomic mass is 10.1. The fraction of sp³-hybridized carbons (Fsp3) is 0.308. The average molecular weight is 373 g/mol. The van der Waals surface area contributed by atoms with E-state index < -0.39 is 10.0 Å². The number of nitrogens with two attached hydrogens (primary N) is 1. The van der Waals surface area contributed by atoms with Crippen LogP contribution in [0, 0.1) is 6.92 Å². The van der Waals surface area contributed by atoms with Crippen molar-refractivity contribution in [1.29, 1.82) is 0 Å². The van der Waals surface area contributed by atoms with Gasteiger partial charge in [0.05, 0.1) is 11.9 Å². The van der Waals surface area contributed by atoms with Gasteiger partial charge in [-0.1, -0.05) is 6.07 Å². The molecule has 0 aliphatic carbocycles. The third kappa shape index (κ3) is 3.45. The van der Waals surface area contributed by atoms with Crippen molar-refractivity contribution in [3.05, 3.63) is 40.1 Å². The van der Waals surface area contributed by atoms with E-state index in [1.807, 2.05) is 19.9 Å². The molecule has 1 heterocycles. The number of nitrogens with zero attached hydrogens (tertiary/aromatic N) is 2. The number of halogens is 1. The van der Waals surface area contributed by atoms with Crippen molar-refractivity contribution in [2.45, 2.75) is 31.8 Å². The van der Waals surface area contributed by atoms with Crippen molar-refractivity contribution < 1.29 is 8.42 Å². The Morgan fingerprint density at radius 1 is 1.43 bits per heavy atom. The van der Waals surface area contributed by atoms with Crippen molar-refractivity contribution in [1.82, 2.24) is 9.78 Å². The number of hydrogen-bond acceptors (Lipinski definition) is 4. The summed E-state index contributed by atoms with van der Waals surface area (Å²) in [7, 11) is -3.70. The van der Waals surface area contributed by atoms with Crippen LogP contribution in [0.15, 0.2) is 33.9 Å². The molecule has 1 aromatic heterocycles. The highest BCUT2D eigenvalue weighted by molar-refractivity contribution is 9.10. The first-order valence-electron chi connectivity index (χ1n) is 6.41. The van der Waals surface area contributed by atoms with Gasteiger partial charge in [0, 0.05) is 23.8 Å². The summed E-state index contributed by atoms with van der Waals surface area (Å²) in [4.78, 5) is 0.173. The quantitative estimate of drug-likeness (QED) is 0.841. The second-order valence-electron chi connectivity index (χ2n) is 4.62. The van der Waals surface area contributed by atoms with Gasteiger partial charge in [-0.05, 0) is 47.0 Å². The normalized spacial score (nSPS) is 11.6. The van der Waals surface area contributed by atoms with Crippen LogP contribution in [0.5, 0.6) is 0 Å². The molecule has 0 spiro atoms. The molecule has 21 heavy (non-hydrogen) atoms. The van der Waals surface area contributed by atoms with E-state index in [9.17, 15) is 8.42 Å². The number of anilines is 1. The summed E-state index contributed by atoms with van der Waals surface area (Å²) in [6.07, 6.45) is 3.12. The number of sulfonamides is 1. The molecule has 8 heteroatoms. The molecule has 0 amide bonds. The maximum atomic E-state index is 12.5. The molecule has 0 fully saturated rings. The van der Waals surface area contributed by atoms with Gasteiger partial charge in [0.25, 0.3) is 10.0 Å². The third-order valence-corrected chi connectivity index (χ3v) is 5.74. The Morgan fingerprint density at radius 2 is 2.14 bits per heavy atom. The van der Waals surface area contributed by atoms with Crippen LogP contribution in [0.4, 0.5) is 5.69 Å². The van der Waals surface area contributed by atoms with E-state index in [0.29, 0.717) is 16.7 Å². The molecule has 0 aliphatic heterocycles. The summed E-state index contributed by atoms with van der Waals surface area (Å²) in [6, 6.07) is 3.43. The van der Waals surface area contributed by atoms with Crippen LogP contribution in [0.25, 0.3) is 0 Å². The van der Waals surface area contributed by atoms with Crippen LogP contribution in [-0.2, 0) is 23.1 Å². The zero-order valence-electron chi connectivity index (χ0n) is 11.8. The molecule has 2 aromatic rings. The smallest absolute Gasteiger partial charge is 0.263 e. The Labute approximate surface area is 132 Å². The largest absolute Gasteiger partial charge is 0.326 e. The highest BCUT2D eigenvalue weighted by Crippen LogP contribution is 2.28. The number of rotatable bonds is 5. The van der Waals surface area contributed by atoms with E-state index >= 15 is 0 Å². The molecule has 114 valence electrons. The highest BCUT2D eigenvalue weighted by atomic mass is 79.9. The van der Waals surface area contributed by atoms with E-state index in [1.54, 1.807) is 16.9 Å². The average Bonchev–Trinajstić information content (AvgIpc) is 2.88. The van der Waals surface area contributed by atoms with Gasteiger partial charge in [0.15, 0.2) is 0 Å². The summed E-state index contributed by atoms with van der Waals surface area (Å²) in [5.41, 5.74) is 7.63. The molecule has 1 aromatic carbocycles. The van der Waals surface area contributed by atoms with Crippen LogP contribution in [0.2, 0.25) is 0 Å². The van der Waals surface area contributed by atoms with Crippen molar-refractivity contribution >= 4 is 31.6 Å². The Hall–Kier alpha value is -1.38. The lowest BCUT2D eigenvalue weighted by Crippen LogP contribution is -2.14. The maximum Gasteiger partial charge on any atom is 0.263 e. The Morgan fingerprint density at radius 3 is 2.71 bits per heavy atom. The molecule has 0 radical (unpaired) electrons. The fourth-order valence-electron chi connectivity index (χ4n) is 1.92. The second kappa shape index (κ2) is 6.17. The zero-order valence-corrected chi connectivity index (χ0v) is 14.2. The van der Waals surface area contributed by atoms with Crippen molar-refractivity contribution in [2.75, 3.05) is 4.72 Å². The van der Waals surface area contributed by atoms with Gasteiger partial charge in [-0.3, -0.25) is 9.40 Å². The minimum absolute atomic E-state index is 0.173. The highest BCUT2D eigenvalue weighted by Gasteiger charge is 2.20. The first-order valence-corrected chi connectivity index (χ1v) is 8.69. The SMILES string of the molecule is CCn1cc(NS(=O)(=O)c2cc(CN)cc(C)c2Br)cn1. The van der Waals surface area contributed by atoms with Crippen LogP contribution < -0.4 is 10.5 Å². The fourth-order valence-corrected chi connectivity index (χ4v) is 4.02. The minimum atomic E-state index is -3.70. The molecule has 0 aliphatic rings. The second-order valence-corrected chi connectivity index (χ2v) is 7.06. The minimum Gasteiger partial charge on any atom is -0.326 e. The molecular formula is C13H17BrN4O2S. The standard InChI is InChI=1S/C13H17BrN4O2S/c1-3-18-8-11(7-16-18)17-21(19,20)12-5-10(6-15)4-9(2)13(12)14/h4-5,7-8,17H,3,6,15H2,1-2H3. The van der Waals surface area contributed by atoms with Crippen LogP contribution in [-0.4, -0.2) is 18.2 Å². The Balaban J connectivity index is 2.41. The predicted molar refractivity (Wildman–Crippen MR) is 85.5 cm³/mol. The lowest BCUT2D eigenvalue weighted by molar-refractivity contribution is 0.600. The molecule has 6 nitrogen and oxygen atoms in total. The van der Waals surface area contributed by atoms with Gasteiger partial charge in [-0.15, -0.1) is 0 Å². The van der Waals surface area contributed by atoms with Gasteiger partial charge in [0.2, 0.25) is 0 Å². The van der Waals surface area contributed by atoms with E-state index in [4.69, 9.17) is 5.73 Å². The number of nitrogens with one attached hydrogen (secondary N) is 1. The van der Waals surface area contributed by atoms with Crippen LogP contribution >= 0.6 is 15.9 Å². The number of aromatic nitrogens is 2. The topological polar surface area (TPSA) is 90.0 Å². The lowest BCUT2D eigenvalue weighted by Gasteiger charge is -2.11.